The molecule has 0 saturated heterocycles. The van der Waals surface area contributed by atoms with Crippen LogP contribution in [0.4, 0.5) is 0 Å². The molecule has 23 heavy (non-hydrogen) atoms. The first-order valence-electron chi connectivity index (χ1n) is 7.02. The maximum Gasteiger partial charge on any atom is 0.290 e. The minimum atomic E-state index is -0.664. The van der Waals surface area contributed by atoms with E-state index in [-0.39, 0.29) is 17.9 Å². The maximum absolute atomic E-state index is 12.4. The number of halogens is 1. The van der Waals surface area contributed by atoms with Crippen molar-refractivity contribution in [3.8, 4) is 0 Å². The van der Waals surface area contributed by atoms with Crippen LogP contribution in [0.15, 0.2) is 58.4 Å². The number of nitrogens with zero attached hydrogens (tertiary/aromatic N) is 1. The van der Waals surface area contributed by atoms with Crippen molar-refractivity contribution in [2.45, 2.75) is 19.5 Å². The van der Waals surface area contributed by atoms with E-state index in [4.69, 9.17) is 16.0 Å². The zero-order valence-corrected chi connectivity index (χ0v) is 13.1. The fourth-order valence-electron chi connectivity index (χ4n) is 2.74. The molecule has 0 bridgehead atoms. The van der Waals surface area contributed by atoms with Gasteiger partial charge in [-0.25, -0.2) is 0 Å². The van der Waals surface area contributed by atoms with Crippen LogP contribution in [-0.4, -0.2) is 21.7 Å². The largest absolute Gasteiger partial charge is 0.503 e. The molecule has 2 aromatic rings. The Morgan fingerprint density at radius 1 is 1.30 bits per heavy atom. The minimum absolute atomic E-state index is 0.0869. The van der Waals surface area contributed by atoms with E-state index in [0.29, 0.717) is 16.3 Å². The number of amides is 1. The van der Waals surface area contributed by atoms with E-state index >= 15 is 0 Å². The summed E-state index contributed by atoms with van der Waals surface area (Å²) in [5.74, 6) is -0.886. The summed E-state index contributed by atoms with van der Waals surface area (Å²) in [6.07, 6.45) is 1.51. The van der Waals surface area contributed by atoms with Crippen LogP contribution in [0, 0.1) is 0 Å². The molecule has 0 aliphatic carbocycles. The lowest BCUT2D eigenvalue weighted by molar-refractivity contribution is -0.130. The minimum Gasteiger partial charge on any atom is -0.503 e. The van der Waals surface area contributed by atoms with Crippen LogP contribution in [-0.2, 0) is 16.1 Å². The molecular formula is C17H14ClNO4. The molecular weight excluding hydrogens is 318 g/mol. The van der Waals surface area contributed by atoms with Gasteiger partial charge < -0.3 is 14.4 Å². The Bertz CT molecular complexity index is 777. The van der Waals surface area contributed by atoms with Crippen molar-refractivity contribution in [2.75, 3.05) is 0 Å². The smallest absolute Gasteiger partial charge is 0.290 e. The Morgan fingerprint density at radius 3 is 2.57 bits per heavy atom. The van der Waals surface area contributed by atoms with Crippen molar-refractivity contribution >= 4 is 23.3 Å². The number of carbonyl (C=O) groups excluding carboxylic acids is 2. The Balaban J connectivity index is 2.05. The van der Waals surface area contributed by atoms with Gasteiger partial charge in [0, 0.05) is 5.02 Å². The Morgan fingerprint density at radius 2 is 2.00 bits per heavy atom. The molecule has 0 saturated carbocycles. The lowest BCUT2D eigenvalue weighted by atomic mass is 9.97. The summed E-state index contributed by atoms with van der Waals surface area (Å²) in [6.45, 7) is 1.48. The van der Waals surface area contributed by atoms with Gasteiger partial charge in [-0.2, -0.15) is 0 Å². The van der Waals surface area contributed by atoms with Crippen LogP contribution in [0.25, 0.3) is 0 Å². The van der Waals surface area contributed by atoms with E-state index in [1.807, 2.05) is 0 Å². The third kappa shape index (κ3) is 2.75. The summed E-state index contributed by atoms with van der Waals surface area (Å²) in [6, 6.07) is 9.61. The zero-order chi connectivity index (χ0) is 16.6. The number of Topliss-reactive ketones (excluding diaryl/α,β-unsaturated/α-hetero) is 1. The predicted molar refractivity (Wildman–Crippen MR) is 83.8 cm³/mol. The van der Waals surface area contributed by atoms with E-state index < -0.39 is 17.7 Å². The molecule has 1 amide bonds. The zero-order valence-electron chi connectivity index (χ0n) is 12.3. The number of aliphatic hydroxyl groups is 1. The number of carbonyl (C=O) groups is 2. The summed E-state index contributed by atoms with van der Waals surface area (Å²) in [5.41, 5.74) is 0.785. The van der Waals surface area contributed by atoms with Crippen LogP contribution in [0.5, 0.6) is 0 Å². The number of ketones is 1. The number of rotatable bonds is 4. The molecule has 1 aromatic carbocycles. The van der Waals surface area contributed by atoms with Gasteiger partial charge in [0.15, 0.2) is 11.5 Å². The third-order valence-corrected chi connectivity index (χ3v) is 4.03. The molecule has 1 atom stereocenters. The molecule has 1 aliphatic rings. The molecule has 0 spiro atoms. The third-order valence-electron chi connectivity index (χ3n) is 3.77. The van der Waals surface area contributed by atoms with Crippen LogP contribution < -0.4 is 0 Å². The SMILES string of the molecule is CC(=O)C1=C(O)C(=O)N(Cc2ccco2)[C@H]1c1ccc(Cl)cc1. The number of furan rings is 1. The molecule has 2 heterocycles. The van der Waals surface area contributed by atoms with Gasteiger partial charge in [-0.05, 0) is 36.8 Å². The van der Waals surface area contributed by atoms with Gasteiger partial charge in [0.25, 0.3) is 5.91 Å². The van der Waals surface area contributed by atoms with Gasteiger partial charge in [0.2, 0.25) is 0 Å². The van der Waals surface area contributed by atoms with E-state index in [0.717, 1.165) is 0 Å². The first-order chi connectivity index (χ1) is 11.0. The maximum atomic E-state index is 12.4. The molecule has 0 unspecified atom stereocenters. The van der Waals surface area contributed by atoms with Crippen molar-refractivity contribution in [1.29, 1.82) is 0 Å². The second-order valence-electron chi connectivity index (χ2n) is 5.28. The number of hydrogen-bond acceptors (Lipinski definition) is 4. The van der Waals surface area contributed by atoms with Gasteiger partial charge in [0.05, 0.1) is 24.4 Å². The molecule has 5 nitrogen and oxygen atoms in total. The highest BCUT2D eigenvalue weighted by molar-refractivity contribution is 6.30. The van der Waals surface area contributed by atoms with Gasteiger partial charge in [-0.3, -0.25) is 9.59 Å². The second kappa shape index (κ2) is 5.93. The quantitative estimate of drug-likeness (QED) is 0.932. The van der Waals surface area contributed by atoms with Gasteiger partial charge in [-0.15, -0.1) is 0 Å². The summed E-state index contributed by atoms with van der Waals surface area (Å²) in [5, 5.41) is 10.7. The number of benzene rings is 1. The molecule has 6 heteroatoms. The monoisotopic (exact) mass is 331 g/mol. The van der Waals surface area contributed by atoms with Crippen molar-refractivity contribution in [3.63, 3.8) is 0 Å². The van der Waals surface area contributed by atoms with Crippen molar-refractivity contribution in [3.05, 3.63) is 70.3 Å². The molecule has 3 rings (SSSR count). The lowest BCUT2D eigenvalue weighted by Gasteiger charge is -2.25. The molecule has 1 N–H and O–H groups in total. The summed E-state index contributed by atoms with van der Waals surface area (Å²) >= 11 is 5.90. The topological polar surface area (TPSA) is 70.8 Å². The first-order valence-corrected chi connectivity index (χ1v) is 7.39. The van der Waals surface area contributed by atoms with E-state index in [2.05, 4.69) is 0 Å². The van der Waals surface area contributed by atoms with Crippen molar-refractivity contribution in [1.82, 2.24) is 4.90 Å². The molecule has 118 valence electrons. The Hall–Kier alpha value is -2.53. The van der Waals surface area contributed by atoms with E-state index in [1.54, 1.807) is 36.4 Å². The number of aliphatic hydroxyl groups excluding tert-OH is 1. The fraction of sp³-hybridized carbons (Fsp3) is 0.176. The van der Waals surface area contributed by atoms with Gasteiger partial charge in [-0.1, -0.05) is 23.7 Å². The van der Waals surface area contributed by atoms with E-state index in [1.165, 1.54) is 18.1 Å². The van der Waals surface area contributed by atoms with Crippen molar-refractivity contribution < 1.29 is 19.1 Å². The predicted octanol–water partition coefficient (Wildman–Crippen LogP) is 3.42. The first kappa shape index (κ1) is 15.4. The van der Waals surface area contributed by atoms with Gasteiger partial charge in [0.1, 0.15) is 5.76 Å². The summed E-state index contributed by atoms with van der Waals surface area (Å²) in [7, 11) is 0. The average Bonchev–Trinajstić information content (AvgIpc) is 3.10. The molecule has 1 aromatic heterocycles. The Kier molecular flexibility index (Phi) is 3.96. The highest BCUT2D eigenvalue weighted by atomic mass is 35.5. The van der Waals surface area contributed by atoms with Crippen molar-refractivity contribution in [2.24, 2.45) is 0 Å². The lowest BCUT2D eigenvalue weighted by Crippen LogP contribution is -2.30. The molecule has 0 fully saturated rings. The van der Waals surface area contributed by atoms with Crippen LogP contribution in [0.1, 0.15) is 24.3 Å². The highest BCUT2D eigenvalue weighted by Gasteiger charge is 2.42. The summed E-state index contributed by atoms with van der Waals surface area (Å²) in [4.78, 5) is 25.8. The normalized spacial score (nSPS) is 17.9. The van der Waals surface area contributed by atoms with Gasteiger partial charge >= 0.3 is 0 Å². The second-order valence-corrected chi connectivity index (χ2v) is 5.72. The van der Waals surface area contributed by atoms with Crippen LogP contribution in [0.3, 0.4) is 0 Å². The number of hydrogen-bond donors (Lipinski definition) is 1. The Labute approximate surface area is 137 Å². The molecule has 0 radical (unpaired) electrons. The summed E-state index contributed by atoms with van der Waals surface area (Å²) < 4.78 is 5.28. The van der Waals surface area contributed by atoms with E-state index in [9.17, 15) is 14.7 Å². The van der Waals surface area contributed by atoms with Crippen LogP contribution >= 0.6 is 11.6 Å². The van der Waals surface area contributed by atoms with Crippen LogP contribution in [0.2, 0.25) is 5.02 Å². The highest BCUT2D eigenvalue weighted by Crippen LogP contribution is 2.38. The standard InChI is InChI=1S/C17H14ClNO4/c1-10(20)14-15(11-4-6-12(18)7-5-11)19(17(22)16(14)21)9-13-3-2-8-23-13/h2-8,15,21H,9H2,1H3/t15-/m0/s1. The average molecular weight is 332 g/mol. The molecule has 1 aliphatic heterocycles. The fourth-order valence-corrected chi connectivity index (χ4v) is 2.86.